The molecular weight excluding hydrogens is 158 g/mol. The van der Waals surface area contributed by atoms with Crippen molar-refractivity contribution in [3.63, 3.8) is 0 Å². The van der Waals surface area contributed by atoms with Gasteiger partial charge in [-0.1, -0.05) is 32.9 Å². The summed E-state index contributed by atoms with van der Waals surface area (Å²) in [6, 6.07) is 0. The minimum atomic E-state index is 0.249. The molecule has 0 spiro atoms. The summed E-state index contributed by atoms with van der Waals surface area (Å²) in [4.78, 5) is 0. The predicted octanol–water partition coefficient (Wildman–Crippen LogP) is 3.35. The summed E-state index contributed by atoms with van der Waals surface area (Å²) >= 11 is 0. The van der Waals surface area contributed by atoms with Crippen molar-refractivity contribution in [2.75, 3.05) is 7.05 Å². The van der Waals surface area contributed by atoms with Gasteiger partial charge in [-0.3, -0.25) is 0 Å². The lowest BCUT2D eigenvalue weighted by molar-refractivity contribution is 0.269. The molecular formula is C12H23N. The molecule has 0 amide bonds. The molecule has 0 radical (unpaired) electrons. The van der Waals surface area contributed by atoms with E-state index in [2.05, 4.69) is 46.2 Å². The zero-order valence-electron chi connectivity index (χ0n) is 9.70. The van der Waals surface area contributed by atoms with Gasteiger partial charge in [0.2, 0.25) is 0 Å². The van der Waals surface area contributed by atoms with Gasteiger partial charge in [-0.05, 0) is 18.8 Å². The van der Waals surface area contributed by atoms with Crippen LogP contribution in [-0.4, -0.2) is 7.05 Å². The number of rotatable bonds is 4. The average Bonchev–Trinajstić information content (AvgIpc) is 1.96. The summed E-state index contributed by atoms with van der Waals surface area (Å²) in [5.41, 5.74) is 2.57. The predicted molar refractivity (Wildman–Crippen MR) is 60.6 cm³/mol. The van der Waals surface area contributed by atoms with Gasteiger partial charge in [0.05, 0.1) is 0 Å². The van der Waals surface area contributed by atoms with Gasteiger partial charge >= 0.3 is 0 Å². The molecule has 0 aromatic carbocycles. The second kappa shape index (κ2) is 4.50. The highest BCUT2D eigenvalue weighted by Gasteiger charge is 2.26. The molecule has 0 saturated carbocycles. The number of allylic oxidation sites excluding steroid dienone is 2. The van der Waals surface area contributed by atoms with Gasteiger partial charge in [-0.2, -0.15) is 0 Å². The van der Waals surface area contributed by atoms with Crippen molar-refractivity contribution in [2.45, 2.75) is 34.1 Å². The summed E-state index contributed by atoms with van der Waals surface area (Å²) in [6.45, 7) is 16.8. The first kappa shape index (κ1) is 12.3. The Morgan fingerprint density at radius 3 is 2.00 bits per heavy atom. The van der Waals surface area contributed by atoms with Crippen molar-refractivity contribution >= 4 is 0 Å². The summed E-state index contributed by atoms with van der Waals surface area (Å²) in [6.07, 6.45) is 1.02. The van der Waals surface area contributed by atoms with Crippen molar-refractivity contribution in [3.05, 3.63) is 24.4 Å². The van der Waals surface area contributed by atoms with Gasteiger partial charge in [-0.15, -0.1) is 6.58 Å². The molecule has 76 valence electrons. The third-order valence-corrected chi connectivity index (χ3v) is 2.34. The molecule has 0 saturated heterocycles. The first-order valence-corrected chi connectivity index (χ1v) is 4.80. The lowest BCUT2D eigenvalue weighted by atomic mass is 9.76. The lowest BCUT2D eigenvalue weighted by Crippen LogP contribution is -2.27. The maximum absolute atomic E-state index is 4.04. The molecule has 1 unspecified atom stereocenters. The fraction of sp³-hybridized carbons (Fsp3) is 0.667. The maximum Gasteiger partial charge on any atom is 0.00710 e. The van der Waals surface area contributed by atoms with E-state index in [0.29, 0.717) is 5.92 Å². The Hall–Kier alpha value is -0.720. The van der Waals surface area contributed by atoms with Crippen molar-refractivity contribution in [3.8, 4) is 0 Å². The zero-order valence-corrected chi connectivity index (χ0v) is 9.70. The molecule has 0 bridgehead atoms. The molecule has 0 aliphatic carbocycles. The average molecular weight is 181 g/mol. The lowest BCUT2D eigenvalue weighted by Gasteiger charge is -2.32. The highest BCUT2D eigenvalue weighted by Crippen LogP contribution is 2.34. The van der Waals surface area contributed by atoms with Crippen molar-refractivity contribution in [1.29, 1.82) is 0 Å². The monoisotopic (exact) mass is 181 g/mol. The number of hydrogen-bond donors (Lipinski definition) is 1. The highest BCUT2D eigenvalue weighted by atomic mass is 14.8. The second-order valence-electron chi connectivity index (χ2n) is 4.86. The maximum atomic E-state index is 4.04. The molecule has 1 N–H and O–H groups in total. The third kappa shape index (κ3) is 4.16. The van der Waals surface area contributed by atoms with E-state index in [1.165, 1.54) is 5.57 Å². The Bertz CT molecular complexity index is 196. The van der Waals surface area contributed by atoms with Crippen molar-refractivity contribution < 1.29 is 0 Å². The van der Waals surface area contributed by atoms with E-state index in [0.717, 1.165) is 12.1 Å². The molecule has 0 aromatic heterocycles. The van der Waals surface area contributed by atoms with E-state index in [-0.39, 0.29) is 5.41 Å². The smallest absolute Gasteiger partial charge is 0.00710 e. The van der Waals surface area contributed by atoms with Crippen LogP contribution in [0.4, 0.5) is 0 Å². The molecule has 1 heteroatoms. The third-order valence-electron chi connectivity index (χ3n) is 2.34. The summed E-state index contributed by atoms with van der Waals surface area (Å²) in [5, 5.41) is 3.14. The minimum Gasteiger partial charge on any atom is -0.392 e. The van der Waals surface area contributed by atoms with Crippen LogP contribution in [0, 0.1) is 11.3 Å². The minimum absolute atomic E-state index is 0.249. The van der Waals surface area contributed by atoms with Crippen LogP contribution in [-0.2, 0) is 0 Å². The van der Waals surface area contributed by atoms with E-state index >= 15 is 0 Å². The Balaban J connectivity index is 4.56. The van der Waals surface area contributed by atoms with Crippen LogP contribution in [0.2, 0.25) is 0 Å². The summed E-state index contributed by atoms with van der Waals surface area (Å²) in [7, 11) is 1.93. The number of nitrogens with one attached hydrogen (secondary N) is 1. The zero-order chi connectivity index (χ0) is 10.6. The summed E-state index contributed by atoms with van der Waals surface area (Å²) in [5.74, 6) is 0.468. The Labute approximate surface area is 82.9 Å². The molecule has 0 aliphatic rings. The number of hydrogen-bond acceptors (Lipinski definition) is 1. The van der Waals surface area contributed by atoms with Crippen LogP contribution in [0.1, 0.15) is 34.1 Å². The fourth-order valence-electron chi connectivity index (χ4n) is 1.47. The van der Waals surface area contributed by atoms with E-state index in [9.17, 15) is 0 Å². The fourth-order valence-corrected chi connectivity index (χ4v) is 1.47. The molecule has 1 atom stereocenters. The second-order valence-corrected chi connectivity index (χ2v) is 4.86. The van der Waals surface area contributed by atoms with Crippen LogP contribution in [0.5, 0.6) is 0 Å². The molecule has 1 nitrogen and oxygen atoms in total. The quantitative estimate of drug-likeness (QED) is 0.656. The molecule has 13 heavy (non-hydrogen) atoms. The van der Waals surface area contributed by atoms with E-state index in [1.807, 2.05) is 7.05 Å². The van der Waals surface area contributed by atoms with Crippen LogP contribution in [0.15, 0.2) is 24.4 Å². The van der Waals surface area contributed by atoms with Gasteiger partial charge in [-0.25, -0.2) is 0 Å². The molecule has 0 heterocycles. The summed E-state index contributed by atoms with van der Waals surface area (Å²) < 4.78 is 0. The Kier molecular flexibility index (Phi) is 4.25. The van der Waals surface area contributed by atoms with Crippen molar-refractivity contribution in [1.82, 2.24) is 5.32 Å². The van der Waals surface area contributed by atoms with Gasteiger partial charge in [0.25, 0.3) is 0 Å². The molecule has 0 aliphatic heterocycles. The first-order valence-electron chi connectivity index (χ1n) is 4.80. The topological polar surface area (TPSA) is 12.0 Å². The van der Waals surface area contributed by atoms with Crippen LogP contribution in [0.25, 0.3) is 0 Å². The standard InChI is InChI=1S/C12H23N/c1-9(2)8-11(10(3)13-7)12(4,5)6/h11,13H,1,3,8H2,2,4-7H3. The molecule has 0 rings (SSSR count). The Morgan fingerprint density at radius 2 is 1.77 bits per heavy atom. The first-order chi connectivity index (χ1) is 5.79. The van der Waals surface area contributed by atoms with Gasteiger partial charge in [0.15, 0.2) is 0 Å². The van der Waals surface area contributed by atoms with Crippen LogP contribution in [0.3, 0.4) is 0 Å². The normalized spacial score (nSPS) is 13.6. The van der Waals surface area contributed by atoms with E-state index in [4.69, 9.17) is 0 Å². The van der Waals surface area contributed by atoms with Gasteiger partial charge in [0, 0.05) is 18.7 Å². The SMILES string of the molecule is C=C(C)CC(C(=C)NC)C(C)(C)C. The molecule has 0 fully saturated rings. The van der Waals surface area contributed by atoms with Crippen LogP contribution < -0.4 is 5.32 Å². The van der Waals surface area contributed by atoms with Gasteiger partial charge < -0.3 is 5.32 Å². The van der Waals surface area contributed by atoms with E-state index in [1.54, 1.807) is 0 Å². The van der Waals surface area contributed by atoms with Crippen molar-refractivity contribution in [2.24, 2.45) is 11.3 Å². The van der Waals surface area contributed by atoms with Crippen LogP contribution >= 0.6 is 0 Å². The highest BCUT2D eigenvalue weighted by molar-refractivity contribution is 5.07. The largest absolute Gasteiger partial charge is 0.392 e. The van der Waals surface area contributed by atoms with E-state index < -0.39 is 0 Å². The molecule has 0 aromatic rings. The van der Waals surface area contributed by atoms with Gasteiger partial charge in [0.1, 0.15) is 0 Å². The Morgan fingerprint density at radius 1 is 1.31 bits per heavy atom.